The molecule has 0 aliphatic heterocycles. The summed E-state index contributed by atoms with van der Waals surface area (Å²) < 4.78 is 0. The van der Waals surface area contributed by atoms with Crippen molar-refractivity contribution in [2.75, 3.05) is 5.73 Å². The van der Waals surface area contributed by atoms with Gasteiger partial charge in [-0.05, 0) is 18.1 Å². The Morgan fingerprint density at radius 3 is 2.52 bits per heavy atom. The van der Waals surface area contributed by atoms with Crippen molar-refractivity contribution < 1.29 is 9.59 Å². The fourth-order valence-electron chi connectivity index (χ4n) is 2.17. The summed E-state index contributed by atoms with van der Waals surface area (Å²) in [6.45, 7) is 3.63. The molecule has 0 saturated heterocycles. The fraction of sp³-hybridized carbons (Fsp3) is 0.267. The predicted molar refractivity (Wildman–Crippen MR) is 81.4 cm³/mol. The molecule has 1 aromatic heterocycles. The number of nitrogens with zero attached hydrogens (tertiary/aromatic N) is 1. The van der Waals surface area contributed by atoms with Crippen LogP contribution in [0.1, 0.15) is 24.2 Å². The molecule has 0 fully saturated rings. The van der Waals surface area contributed by atoms with Crippen molar-refractivity contribution in [1.29, 1.82) is 0 Å². The van der Waals surface area contributed by atoms with Gasteiger partial charge in [0.05, 0.1) is 11.1 Å². The first-order valence-electron chi connectivity index (χ1n) is 6.65. The van der Waals surface area contributed by atoms with Crippen LogP contribution < -0.4 is 16.8 Å². The van der Waals surface area contributed by atoms with Gasteiger partial charge >= 0.3 is 0 Å². The number of carbonyl (C=O) groups is 2. The maximum atomic E-state index is 12.4. The van der Waals surface area contributed by atoms with Crippen LogP contribution in [0, 0.1) is 5.92 Å². The lowest BCUT2D eigenvalue weighted by molar-refractivity contribution is -0.120. The largest absolute Gasteiger partial charge is 0.384 e. The zero-order valence-corrected chi connectivity index (χ0v) is 12.0. The smallest absolute Gasteiger partial charge is 0.252 e. The highest BCUT2D eigenvalue weighted by Crippen LogP contribution is 2.19. The van der Waals surface area contributed by atoms with Crippen molar-refractivity contribution in [1.82, 2.24) is 10.3 Å². The molecule has 1 aromatic carbocycles. The second-order valence-electron chi connectivity index (χ2n) is 5.21. The Morgan fingerprint density at radius 2 is 1.90 bits per heavy atom. The first kappa shape index (κ1) is 14.8. The summed E-state index contributed by atoms with van der Waals surface area (Å²) in [5.41, 5.74) is 12.1. The van der Waals surface area contributed by atoms with Crippen LogP contribution >= 0.6 is 0 Å². The van der Waals surface area contributed by atoms with Crippen LogP contribution in [0.4, 0.5) is 5.82 Å². The van der Waals surface area contributed by atoms with Gasteiger partial charge in [-0.25, -0.2) is 4.98 Å². The Bertz CT molecular complexity index is 697. The summed E-state index contributed by atoms with van der Waals surface area (Å²) >= 11 is 0. The van der Waals surface area contributed by atoms with Crippen molar-refractivity contribution in [2.24, 2.45) is 11.7 Å². The number of amides is 2. The van der Waals surface area contributed by atoms with Crippen LogP contribution in [-0.2, 0) is 4.79 Å². The Morgan fingerprint density at radius 1 is 1.24 bits per heavy atom. The average Bonchev–Trinajstić information content (AvgIpc) is 2.42. The van der Waals surface area contributed by atoms with E-state index in [2.05, 4.69) is 10.3 Å². The molecule has 110 valence electrons. The van der Waals surface area contributed by atoms with E-state index in [-0.39, 0.29) is 11.7 Å². The lowest BCUT2D eigenvalue weighted by atomic mass is 10.0. The third kappa shape index (κ3) is 3.10. The Kier molecular flexibility index (Phi) is 4.07. The highest BCUT2D eigenvalue weighted by atomic mass is 16.2. The molecule has 0 aliphatic rings. The molecule has 2 rings (SSSR count). The maximum Gasteiger partial charge on any atom is 0.252 e. The third-order valence-electron chi connectivity index (χ3n) is 3.24. The molecule has 0 aliphatic carbocycles. The van der Waals surface area contributed by atoms with E-state index in [1.165, 1.54) is 6.07 Å². The van der Waals surface area contributed by atoms with Crippen LogP contribution in [0.25, 0.3) is 10.9 Å². The van der Waals surface area contributed by atoms with Gasteiger partial charge < -0.3 is 16.8 Å². The number of aromatic nitrogens is 1. The summed E-state index contributed by atoms with van der Waals surface area (Å²) in [7, 11) is 0. The number of nitrogens with one attached hydrogen (secondary N) is 1. The number of pyridine rings is 1. The molecule has 0 spiro atoms. The van der Waals surface area contributed by atoms with Gasteiger partial charge in [0.25, 0.3) is 5.91 Å². The molecule has 6 heteroatoms. The number of nitrogen functional groups attached to an aromatic ring is 1. The van der Waals surface area contributed by atoms with Crippen LogP contribution in [0.3, 0.4) is 0 Å². The number of rotatable bonds is 4. The molecule has 2 amide bonds. The SMILES string of the molecule is CC(C)C(NC(=O)c1cc(N)nc2ccccc12)C(N)=O. The molecule has 21 heavy (non-hydrogen) atoms. The molecular weight excluding hydrogens is 268 g/mol. The lowest BCUT2D eigenvalue weighted by Gasteiger charge is -2.19. The van der Waals surface area contributed by atoms with Crippen LogP contribution in [0.15, 0.2) is 30.3 Å². The summed E-state index contributed by atoms with van der Waals surface area (Å²) in [6.07, 6.45) is 0. The summed E-state index contributed by atoms with van der Waals surface area (Å²) in [5.74, 6) is -0.807. The van der Waals surface area contributed by atoms with E-state index < -0.39 is 17.9 Å². The molecular formula is C15H18N4O2. The molecule has 0 saturated carbocycles. The van der Waals surface area contributed by atoms with E-state index in [1.54, 1.807) is 12.1 Å². The monoisotopic (exact) mass is 286 g/mol. The van der Waals surface area contributed by atoms with Crippen molar-refractivity contribution in [3.05, 3.63) is 35.9 Å². The zero-order chi connectivity index (χ0) is 15.6. The minimum absolute atomic E-state index is 0.100. The summed E-state index contributed by atoms with van der Waals surface area (Å²) in [5, 5.41) is 3.33. The molecule has 5 N–H and O–H groups in total. The maximum absolute atomic E-state index is 12.4. The first-order valence-corrected chi connectivity index (χ1v) is 6.65. The minimum Gasteiger partial charge on any atom is -0.384 e. The molecule has 2 aromatic rings. The molecule has 1 heterocycles. The third-order valence-corrected chi connectivity index (χ3v) is 3.24. The lowest BCUT2D eigenvalue weighted by Crippen LogP contribution is -2.47. The second-order valence-corrected chi connectivity index (χ2v) is 5.21. The predicted octanol–water partition coefficient (Wildman–Crippen LogP) is 1.06. The van der Waals surface area contributed by atoms with Crippen LogP contribution in [0.5, 0.6) is 0 Å². The van der Waals surface area contributed by atoms with E-state index in [9.17, 15) is 9.59 Å². The highest BCUT2D eigenvalue weighted by Gasteiger charge is 2.23. The number of fused-ring (bicyclic) bond motifs is 1. The molecule has 1 atom stereocenters. The van der Waals surface area contributed by atoms with Crippen molar-refractivity contribution in [3.63, 3.8) is 0 Å². The van der Waals surface area contributed by atoms with Gasteiger partial charge in [-0.1, -0.05) is 32.0 Å². The standard InChI is InChI=1S/C15H18N4O2/c1-8(2)13(14(17)20)19-15(21)10-7-12(16)18-11-6-4-3-5-9(10)11/h3-8,13H,1-2H3,(H2,16,18)(H2,17,20)(H,19,21). The first-order chi connectivity index (χ1) is 9.90. The van der Waals surface area contributed by atoms with Gasteiger partial charge in [-0.15, -0.1) is 0 Å². The van der Waals surface area contributed by atoms with E-state index in [1.807, 2.05) is 26.0 Å². The topological polar surface area (TPSA) is 111 Å². The summed E-state index contributed by atoms with van der Waals surface area (Å²) in [4.78, 5) is 28.0. The fourth-order valence-corrected chi connectivity index (χ4v) is 2.17. The minimum atomic E-state index is -0.731. The number of para-hydroxylation sites is 1. The number of anilines is 1. The number of nitrogens with two attached hydrogens (primary N) is 2. The number of primary amides is 1. The Labute approximate surface area is 122 Å². The number of hydrogen-bond donors (Lipinski definition) is 3. The van der Waals surface area contributed by atoms with Crippen molar-refractivity contribution in [2.45, 2.75) is 19.9 Å². The molecule has 6 nitrogen and oxygen atoms in total. The molecule has 1 unspecified atom stereocenters. The van der Waals surface area contributed by atoms with E-state index in [0.29, 0.717) is 16.5 Å². The number of benzene rings is 1. The van der Waals surface area contributed by atoms with E-state index >= 15 is 0 Å². The second kappa shape index (κ2) is 5.78. The van der Waals surface area contributed by atoms with Crippen LogP contribution in [-0.4, -0.2) is 22.8 Å². The van der Waals surface area contributed by atoms with Crippen molar-refractivity contribution in [3.8, 4) is 0 Å². The van der Waals surface area contributed by atoms with Gasteiger partial charge in [0, 0.05) is 5.39 Å². The zero-order valence-electron chi connectivity index (χ0n) is 12.0. The Hall–Kier alpha value is -2.63. The Balaban J connectivity index is 2.42. The average molecular weight is 286 g/mol. The van der Waals surface area contributed by atoms with Crippen molar-refractivity contribution >= 4 is 28.5 Å². The highest BCUT2D eigenvalue weighted by molar-refractivity contribution is 6.08. The van der Waals surface area contributed by atoms with Gasteiger partial charge in [-0.2, -0.15) is 0 Å². The molecule has 0 radical (unpaired) electrons. The quantitative estimate of drug-likeness (QED) is 0.780. The van der Waals surface area contributed by atoms with Crippen LogP contribution in [0.2, 0.25) is 0 Å². The van der Waals surface area contributed by atoms with Gasteiger partial charge in [0.2, 0.25) is 5.91 Å². The normalized spacial score (nSPS) is 12.3. The summed E-state index contributed by atoms with van der Waals surface area (Å²) in [6, 6.07) is 7.95. The van der Waals surface area contributed by atoms with Gasteiger partial charge in [0.1, 0.15) is 11.9 Å². The van der Waals surface area contributed by atoms with E-state index in [4.69, 9.17) is 11.5 Å². The van der Waals surface area contributed by atoms with Gasteiger partial charge in [0.15, 0.2) is 0 Å². The number of hydrogen-bond acceptors (Lipinski definition) is 4. The van der Waals surface area contributed by atoms with Gasteiger partial charge in [-0.3, -0.25) is 9.59 Å². The van der Waals surface area contributed by atoms with E-state index in [0.717, 1.165) is 0 Å². The molecule has 0 bridgehead atoms. The number of carbonyl (C=O) groups excluding carboxylic acids is 2.